The van der Waals surface area contributed by atoms with E-state index in [1.54, 1.807) is 6.92 Å². The molecule has 0 saturated heterocycles. The number of nitrogens with one attached hydrogen (secondary N) is 1. The van der Waals surface area contributed by atoms with Crippen LogP contribution in [0.4, 0.5) is 0 Å². The third-order valence-corrected chi connectivity index (χ3v) is 11.3. The molecular weight excluding hydrogens is 378 g/mol. The van der Waals surface area contributed by atoms with Gasteiger partial charge in [0, 0.05) is 13.0 Å². The molecule has 4 aliphatic carbocycles. The van der Waals surface area contributed by atoms with E-state index in [0.717, 1.165) is 41.4 Å². The topological polar surface area (TPSA) is 29.1 Å². The van der Waals surface area contributed by atoms with Crippen molar-refractivity contribution in [2.75, 3.05) is 0 Å². The number of amides is 1. The molecule has 4 rings (SSSR count). The predicted octanol–water partition coefficient (Wildman–Crippen LogP) is 7.61. The van der Waals surface area contributed by atoms with E-state index in [1.807, 2.05) is 0 Å². The van der Waals surface area contributed by atoms with Crippen LogP contribution in [0.3, 0.4) is 0 Å². The highest BCUT2D eigenvalue weighted by Crippen LogP contribution is 2.68. The fourth-order valence-corrected chi connectivity index (χ4v) is 9.70. The van der Waals surface area contributed by atoms with Gasteiger partial charge in [-0.1, -0.05) is 53.9 Å². The van der Waals surface area contributed by atoms with E-state index in [-0.39, 0.29) is 5.91 Å². The number of fused-ring (bicyclic) bond motifs is 5. The van der Waals surface area contributed by atoms with Gasteiger partial charge in [-0.05, 0) is 110 Å². The lowest BCUT2D eigenvalue weighted by Gasteiger charge is -2.61. The summed E-state index contributed by atoms with van der Waals surface area (Å²) in [6.07, 6.45) is 16.9. The second-order valence-corrected chi connectivity index (χ2v) is 13.4. The van der Waals surface area contributed by atoms with Crippen molar-refractivity contribution in [2.45, 2.75) is 125 Å². The van der Waals surface area contributed by atoms with E-state index in [1.165, 1.54) is 77.0 Å². The van der Waals surface area contributed by atoms with E-state index in [9.17, 15) is 4.79 Å². The maximum absolute atomic E-state index is 11.6. The van der Waals surface area contributed by atoms with E-state index in [4.69, 9.17) is 0 Å². The Morgan fingerprint density at radius 2 is 1.61 bits per heavy atom. The molecular formula is C29H51NO. The highest BCUT2D eigenvalue weighted by Gasteiger charge is 2.60. The zero-order valence-electron chi connectivity index (χ0n) is 21.5. The van der Waals surface area contributed by atoms with Crippen molar-refractivity contribution in [2.24, 2.45) is 52.3 Å². The monoisotopic (exact) mass is 429 g/mol. The Morgan fingerprint density at radius 3 is 2.32 bits per heavy atom. The number of hydrogen-bond acceptors (Lipinski definition) is 1. The Kier molecular flexibility index (Phi) is 6.87. The fraction of sp³-hybridized carbons (Fsp3) is 0.966. The third-order valence-electron chi connectivity index (χ3n) is 11.3. The number of carbonyl (C=O) groups is 1. The van der Waals surface area contributed by atoms with Gasteiger partial charge in [-0.2, -0.15) is 0 Å². The molecule has 4 aliphatic rings. The fourth-order valence-electron chi connectivity index (χ4n) is 9.70. The SMILES string of the molecule is CC(=O)NC1CCC2(C)C(CCC3C2CCC2(C)C(C(C)CCCC(C)C)CCC32)C1. The van der Waals surface area contributed by atoms with Crippen molar-refractivity contribution < 1.29 is 4.79 Å². The van der Waals surface area contributed by atoms with Gasteiger partial charge in [0.15, 0.2) is 0 Å². The van der Waals surface area contributed by atoms with Gasteiger partial charge in [-0.3, -0.25) is 4.79 Å². The lowest BCUT2D eigenvalue weighted by Crippen LogP contribution is -2.55. The van der Waals surface area contributed by atoms with Gasteiger partial charge in [-0.15, -0.1) is 0 Å². The third kappa shape index (κ3) is 4.35. The second kappa shape index (κ2) is 9.02. The zero-order valence-corrected chi connectivity index (χ0v) is 21.5. The van der Waals surface area contributed by atoms with E-state index < -0.39 is 0 Å². The molecule has 4 fully saturated rings. The van der Waals surface area contributed by atoms with E-state index in [2.05, 4.69) is 39.9 Å². The average molecular weight is 430 g/mol. The van der Waals surface area contributed by atoms with Crippen LogP contribution in [0.25, 0.3) is 0 Å². The first-order valence-electron chi connectivity index (χ1n) is 13.9. The lowest BCUT2D eigenvalue weighted by molar-refractivity contribution is -0.126. The van der Waals surface area contributed by atoms with Crippen LogP contribution in [-0.4, -0.2) is 11.9 Å². The summed E-state index contributed by atoms with van der Waals surface area (Å²) in [6.45, 7) is 14.4. The first kappa shape index (κ1) is 23.6. The zero-order chi connectivity index (χ0) is 22.4. The Morgan fingerprint density at radius 1 is 0.903 bits per heavy atom. The molecule has 1 amide bonds. The summed E-state index contributed by atoms with van der Waals surface area (Å²) in [5.41, 5.74) is 1.13. The number of hydrogen-bond donors (Lipinski definition) is 1. The molecule has 0 spiro atoms. The Labute approximate surface area is 193 Å². The van der Waals surface area contributed by atoms with Crippen LogP contribution < -0.4 is 5.32 Å². The maximum Gasteiger partial charge on any atom is 0.217 e. The van der Waals surface area contributed by atoms with Crippen molar-refractivity contribution in [1.82, 2.24) is 5.32 Å². The van der Waals surface area contributed by atoms with Crippen molar-refractivity contribution in [3.05, 3.63) is 0 Å². The van der Waals surface area contributed by atoms with E-state index in [0.29, 0.717) is 16.9 Å². The molecule has 0 aromatic carbocycles. The van der Waals surface area contributed by atoms with Crippen LogP contribution in [0.15, 0.2) is 0 Å². The Bertz CT molecular complexity index is 643. The molecule has 0 aromatic rings. The second-order valence-electron chi connectivity index (χ2n) is 13.4. The van der Waals surface area contributed by atoms with Crippen LogP contribution in [0.2, 0.25) is 0 Å². The van der Waals surface area contributed by atoms with Gasteiger partial charge < -0.3 is 5.32 Å². The quantitative estimate of drug-likeness (QED) is 0.462. The van der Waals surface area contributed by atoms with Crippen molar-refractivity contribution in [1.29, 1.82) is 0 Å². The standard InChI is InChI=1S/C29H51NO/c1-19(2)8-7-9-20(3)25-12-13-26-24-11-10-22-18-23(30-21(4)31)14-16-28(22,5)27(24)15-17-29(25,26)6/h19-20,22-27H,7-18H2,1-6H3,(H,30,31). The van der Waals surface area contributed by atoms with Crippen LogP contribution in [0.1, 0.15) is 119 Å². The van der Waals surface area contributed by atoms with E-state index >= 15 is 0 Å². The van der Waals surface area contributed by atoms with Crippen molar-refractivity contribution >= 4 is 5.91 Å². The molecule has 1 N–H and O–H groups in total. The summed E-state index contributed by atoms with van der Waals surface area (Å²) in [5.74, 6) is 6.62. The summed E-state index contributed by atoms with van der Waals surface area (Å²) in [6, 6.07) is 0.434. The molecule has 9 atom stereocenters. The molecule has 0 aromatic heterocycles. The maximum atomic E-state index is 11.6. The Hall–Kier alpha value is -0.530. The first-order valence-corrected chi connectivity index (χ1v) is 13.9. The molecule has 2 heteroatoms. The number of carbonyl (C=O) groups excluding carboxylic acids is 1. The molecule has 0 bridgehead atoms. The predicted molar refractivity (Wildman–Crippen MR) is 131 cm³/mol. The van der Waals surface area contributed by atoms with Gasteiger partial charge in [0.05, 0.1) is 0 Å². The van der Waals surface area contributed by atoms with Gasteiger partial charge in [-0.25, -0.2) is 0 Å². The van der Waals surface area contributed by atoms with Crippen LogP contribution in [0, 0.1) is 52.3 Å². The Balaban J connectivity index is 1.43. The summed E-state index contributed by atoms with van der Waals surface area (Å²) in [4.78, 5) is 11.6. The van der Waals surface area contributed by atoms with Crippen LogP contribution >= 0.6 is 0 Å². The average Bonchev–Trinajstić information content (AvgIpc) is 3.05. The van der Waals surface area contributed by atoms with Gasteiger partial charge >= 0.3 is 0 Å². The van der Waals surface area contributed by atoms with Gasteiger partial charge in [0.1, 0.15) is 0 Å². The number of rotatable bonds is 6. The molecule has 0 radical (unpaired) electrons. The van der Waals surface area contributed by atoms with Gasteiger partial charge in [0.2, 0.25) is 5.91 Å². The van der Waals surface area contributed by atoms with Crippen molar-refractivity contribution in [3.63, 3.8) is 0 Å². The molecule has 2 nitrogen and oxygen atoms in total. The largest absolute Gasteiger partial charge is 0.354 e. The summed E-state index contributed by atoms with van der Waals surface area (Å²) in [7, 11) is 0. The normalized spacial score (nSPS) is 45.5. The molecule has 4 saturated carbocycles. The van der Waals surface area contributed by atoms with Crippen molar-refractivity contribution in [3.8, 4) is 0 Å². The molecule has 0 heterocycles. The first-order chi connectivity index (χ1) is 14.6. The van der Waals surface area contributed by atoms with Gasteiger partial charge in [0.25, 0.3) is 0 Å². The summed E-state index contributed by atoms with van der Waals surface area (Å²) in [5, 5.41) is 3.25. The van der Waals surface area contributed by atoms with Crippen LogP contribution in [-0.2, 0) is 4.79 Å². The summed E-state index contributed by atoms with van der Waals surface area (Å²) >= 11 is 0. The smallest absolute Gasteiger partial charge is 0.217 e. The molecule has 31 heavy (non-hydrogen) atoms. The highest BCUT2D eigenvalue weighted by molar-refractivity contribution is 5.73. The molecule has 0 aliphatic heterocycles. The summed E-state index contributed by atoms with van der Waals surface area (Å²) < 4.78 is 0. The molecule has 178 valence electrons. The highest BCUT2D eigenvalue weighted by atomic mass is 16.1. The minimum atomic E-state index is 0.162. The molecule has 9 unspecified atom stereocenters. The minimum absolute atomic E-state index is 0.162. The van der Waals surface area contributed by atoms with Crippen LogP contribution in [0.5, 0.6) is 0 Å². The minimum Gasteiger partial charge on any atom is -0.354 e. The lowest BCUT2D eigenvalue weighted by atomic mass is 9.44.